The third kappa shape index (κ3) is 3.88. The van der Waals surface area contributed by atoms with Crippen LogP contribution in [-0.4, -0.2) is 28.0 Å². The zero-order valence-corrected chi connectivity index (χ0v) is 14.0. The van der Waals surface area contributed by atoms with E-state index < -0.39 is 12.0 Å². The molecule has 0 saturated carbocycles. The molecule has 1 heterocycles. The fourth-order valence-electron chi connectivity index (χ4n) is 3.02. The van der Waals surface area contributed by atoms with Crippen molar-refractivity contribution < 1.29 is 14.7 Å². The summed E-state index contributed by atoms with van der Waals surface area (Å²) in [7, 11) is 0. The largest absolute Gasteiger partial charge is 0.480 e. The number of fused-ring (bicyclic) bond motifs is 1. The molecule has 0 aliphatic heterocycles. The lowest BCUT2D eigenvalue weighted by molar-refractivity contribution is -0.141. The molecule has 1 amide bonds. The molecule has 25 heavy (non-hydrogen) atoms. The Morgan fingerprint density at radius 3 is 2.48 bits per heavy atom. The molecule has 0 radical (unpaired) electrons. The Bertz CT molecular complexity index is 900. The van der Waals surface area contributed by atoms with Crippen molar-refractivity contribution in [1.29, 1.82) is 0 Å². The molecule has 3 aromatic rings. The summed E-state index contributed by atoms with van der Waals surface area (Å²) in [4.78, 5) is 27.2. The van der Waals surface area contributed by atoms with Gasteiger partial charge in [-0.15, -0.1) is 0 Å². The molecular formula is C20H20N2O3. The van der Waals surface area contributed by atoms with E-state index in [2.05, 4.69) is 10.3 Å². The van der Waals surface area contributed by atoms with Gasteiger partial charge in [-0.3, -0.25) is 4.79 Å². The Hall–Kier alpha value is -3.08. The number of carbonyl (C=O) groups excluding carboxylic acids is 1. The average Bonchev–Trinajstić information content (AvgIpc) is 2.91. The van der Waals surface area contributed by atoms with Gasteiger partial charge in [-0.05, 0) is 24.1 Å². The second kappa shape index (κ2) is 7.21. The number of rotatable bonds is 6. The molecule has 128 valence electrons. The predicted molar refractivity (Wildman–Crippen MR) is 96.5 cm³/mol. The molecule has 0 spiro atoms. The molecule has 0 saturated heterocycles. The van der Waals surface area contributed by atoms with Crippen molar-refractivity contribution in [3.05, 3.63) is 71.4 Å². The highest BCUT2D eigenvalue weighted by atomic mass is 16.4. The first-order chi connectivity index (χ1) is 12.0. The standard InChI is InChI=1S/C20H20N2O3/c1-13-16(15-9-5-6-10-17(15)21-13)12-19(23)22-18(20(24)25)11-14-7-3-2-4-8-14/h2-10,18,21H,11-12H2,1H3,(H,22,23)(H,24,25)/t18-/m0/s1. The molecule has 3 N–H and O–H groups in total. The molecular weight excluding hydrogens is 316 g/mol. The van der Waals surface area contributed by atoms with Crippen LogP contribution in [0.5, 0.6) is 0 Å². The number of nitrogens with one attached hydrogen (secondary N) is 2. The Morgan fingerprint density at radius 1 is 1.08 bits per heavy atom. The number of hydrogen-bond donors (Lipinski definition) is 3. The lowest BCUT2D eigenvalue weighted by atomic mass is 10.0. The van der Waals surface area contributed by atoms with E-state index in [4.69, 9.17) is 0 Å². The fourth-order valence-corrected chi connectivity index (χ4v) is 3.02. The van der Waals surface area contributed by atoms with E-state index in [0.717, 1.165) is 27.7 Å². The van der Waals surface area contributed by atoms with Gasteiger partial charge in [0.2, 0.25) is 5.91 Å². The number of H-pyrrole nitrogens is 1. The second-order valence-electron chi connectivity index (χ2n) is 6.10. The van der Waals surface area contributed by atoms with Crippen LogP contribution in [0.15, 0.2) is 54.6 Å². The molecule has 1 aromatic heterocycles. The molecule has 0 unspecified atom stereocenters. The summed E-state index contributed by atoms with van der Waals surface area (Å²) in [5.41, 5.74) is 3.67. The Kier molecular flexibility index (Phi) is 4.84. The molecule has 3 rings (SSSR count). The topological polar surface area (TPSA) is 82.2 Å². The van der Waals surface area contributed by atoms with Crippen molar-refractivity contribution in [2.45, 2.75) is 25.8 Å². The summed E-state index contributed by atoms with van der Waals surface area (Å²) in [5.74, 6) is -1.33. The number of benzene rings is 2. The van der Waals surface area contributed by atoms with Gasteiger partial charge in [0.25, 0.3) is 0 Å². The van der Waals surface area contributed by atoms with Crippen LogP contribution >= 0.6 is 0 Å². The maximum absolute atomic E-state index is 12.4. The third-order valence-corrected chi connectivity index (χ3v) is 4.28. The van der Waals surface area contributed by atoms with E-state index in [1.54, 1.807) is 0 Å². The maximum Gasteiger partial charge on any atom is 0.326 e. The van der Waals surface area contributed by atoms with E-state index >= 15 is 0 Å². The first-order valence-corrected chi connectivity index (χ1v) is 8.17. The minimum atomic E-state index is -1.03. The number of hydrogen-bond acceptors (Lipinski definition) is 2. The van der Waals surface area contributed by atoms with Gasteiger partial charge < -0.3 is 15.4 Å². The van der Waals surface area contributed by atoms with Crippen molar-refractivity contribution >= 4 is 22.8 Å². The van der Waals surface area contributed by atoms with Crippen LogP contribution in [0.3, 0.4) is 0 Å². The molecule has 0 bridgehead atoms. The van der Waals surface area contributed by atoms with Crippen molar-refractivity contribution in [2.24, 2.45) is 0 Å². The fraction of sp³-hybridized carbons (Fsp3) is 0.200. The number of aliphatic carboxylic acids is 1. The molecule has 1 atom stereocenters. The van der Waals surface area contributed by atoms with Gasteiger partial charge in [-0.2, -0.15) is 0 Å². The smallest absolute Gasteiger partial charge is 0.326 e. The summed E-state index contributed by atoms with van der Waals surface area (Å²) in [6.07, 6.45) is 0.406. The van der Waals surface area contributed by atoms with Gasteiger partial charge in [-0.1, -0.05) is 48.5 Å². The normalized spacial score (nSPS) is 12.0. The molecule has 0 fully saturated rings. The second-order valence-corrected chi connectivity index (χ2v) is 6.10. The highest BCUT2D eigenvalue weighted by Crippen LogP contribution is 2.22. The quantitative estimate of drug-likeness (QED) is 0.647. The molecule has 5 heteroatoms. The lowest BCUT2D eigenvalue weighted by Gasteiger charge is -2.15. The monoisotopic (exact) mass is 336 g/mol. The molecule has 2 aromatic carbocycles. The van der Waals surface area contributed by atoms with Crippen molar-refractivity contribution in [1.82, 2.24) is 10.3 Å². The zero-order chi connectivity index (χ0) is 17.8. The first kappa shape index (κ1) is 16.8. The van der Waals surface area contributed by atoms with Crippen LogP contribution in [0.2, 0.25) is 0 Å². The highest BCUT2D eigenvalue weighted by molar-refractivity contribution is 5.91. The van der Waals surface area contributed by atoms with E-state index in [-0.39, 0.29) is 18.7 Å². The first-order valence-electron chi connectivity index (χ1n) is 8.17. The van der Waals surface area contributed by atoms with Gasteiger partial charge in [0.05, 0.1) is 6.42 Å². The lowest BCUT2D eigenvalue weighted by Crippen LogP contribution is -2.43. The van der Waals surface area contributed by atoms with Gasteiger partial charge in [0.15, 0.2) is 0 Å². The van der Waals surface area contributed by atoms with Crippen LogP contribution in [0.25, 0.3) is 10.9 Å². The van der Waals surface area contributed by atoms with E-state index in [1.165, 1.54) is 0 Å². The van der Waals surface area contributed by atoms with Gasteiger partial charge in [-0.25, -0.2) is 4.79 Å². The Labute approximate surface area is 145 Å². The number of carboxylic acid groups (broad SMARTS) is 1. The minimum absolute atomic E-state index is 0.147. The molecule has 5 nitrogen and oxygen atoms in total. The van der Waals surface area contributed by atoms with E-state index in [1.807, 2.05) is 61.5 Å². The Balaban J connectivity index is 1.73. The average molecular weight is 336 g/mol. The van der Waals surface area contributed by atoms with Crippen LogP contribution in [0.4, 0.5) is 0 Å². The van der Waals surface area contributed by atoms with Crippen LogP contribution in [0, 0.1) is 6.92 Å². The van der Waals surface area contributed by atoms with Gasteiger partial charge in [0.1, 0.15) is 6.04 Å². The van der Waals surface area contributed by atoms with Crippen LogP contribution in [-0.2, 0) is 22.4 Å². The number of carboxylic acids is 1. The third-order valence-electron chi connectivity index (χ3n) is 4.28. The zero-order valence-electron chi connectivity index (χ0n) is 14.0. The molecule has 0 aliphatic rings. The number of aromatic amines is 1. The van der Waals surface area contributed by atoms with Crippen molar-refractivity contribution in [3.8, 4) is 0 Å². The van der Waals surface area contributed by atoms with Crippen molar-refractivity contribution in [2.75, 3.05) is 0 Å². The van der Waals surface area contributed by atoms with E-state index in [0.29, 0.717) is 0 Å². The van der Waals surface area contributed by atoms with Crippen molar-refractivity contribution in [3.63, 3.8) is 0 Å². The number of aromatic nitrogens is 1. The predicted octanol–water partition coefficient (Wildman–Crippen LogP) is 2.83. The summed E-state index contributed by atoms with van der Waals surface area (Å²) in [6, 6.07) is 16.1. The van der Waals surface area contributed by atoms with Gasteiger partial charge in [0, 0.05) is 23.0 Å². The summed E-state index contributed by atoms with van der Waals surface area (Å²) in [5, 5.41) is 13.0. The Morgan fingerprint density at radius 2 is 1.76 bits per heavy atom. The number of para-hydroxylation sites is 1. The highest BCUT2D eigenvalue weighted by Gasteiger charge is 2.21. The number of aryl methyl sites for hydroxylation is 1. The number of amides is 1. The summed E-state index contributed by atoms with van der Waals surface area (Å²) >= 11 is 0. The SMILES string of the molecule is Cc1[nH]c2ccccc2c1CC(=O)N[C@@H](Cc1ccccc1)C(=O)O. The maximum atomic E-state index is 12.4. The molecule has 0 aliphatic carbocycles. The summed E-state index contributed by atoms with van der Waals surface area (Å²) in [6.45, 7) is 1.92. The van der Waals surface area contributed by atoms with E-state index in [9.17, 15) is 14.7 Å². The number of carbonyl (C=O) groups is 2. The summed E-state index contributed by atoms with van der Waals surface area (Å²) < 4.78 is 0. The van der Waals surface area contributed by atoms with Crippen LogP contribution in [0.1, 0.15) is 16.8 Å². The minimum Gasteiger partial charge on any atom is -0.480 e. The van der Waals surface area contributed by atoms with Crippen LogP contribution < -0.4 is 5.32 Å². The van der Waals surface area contributed by atoms with Gasteiger partial charge >= 0.3 is 5.97 Å².